The number of ether oxygens (including phenoxy) is 1. The van der Waals surface area contributed by atoms with Gasteiger partial charge < -0.3 is 9.84 Å². The molecule has 3 aliphatic carbocycles. The molecule has 3 fully saturated rings. The Balaban J connectivity index is 1.94. The number of aliphatic carboxylic acids is 1. The summed E-state index contributed by atoms with van der Waals surface area (Å²) in [6.45, 7) is 20.8. The Labute approximate surface area is 223 Å². The fraction of sp³-hybridized carbons (Fsp3) is 0.576. The highest BCUT2D eigenvalue weighted by atomic mass is 16.5. The van der Waals surface area contributed by atoms with Crippen molar-refractivity contribution in [2.45, 2.75) is 93.6 Å². The van der Waals surface area contributed by atoms with Crippen LogP contribution in [0.2, 0.25) is 0 Å². The van der Waals surface area contributed by atoms with Crippen LogP contribution in [0, 0.1) is 28.1 Å². The van der Waals surface area contributed by atoms with Crippen LogP contribution in [0.15, 0.2) is 70.9 Å². The molecule has 4 nitrogen and oxygen atoms in total. The second-order valence-electron chi connectivity index (χ2n) is 12.5. The van der Waals surface area contributed by atoms with Gasteiger partial charge in [0.2, 0.25) is 0 Å². The van der Waals surface area contributed by atoms with E-state index in [4.69, 9.17) is 4.74 Å². The molecule has 0 aromatic heterocycles. The topological polar surface area (TPSA) is 63.6 Å². The minimum Gasteiger partial charge on any atom is -0.481 e. The van der Waals surface area contributed by atoms with Gasteiger partial charge in [-0.15, -0.1) is 0 Å². The van der Waals surface area contributed by atoms with E-state index >= 15 is 0 Å². The van der Waals surface area contributed by atoms with Gasteiger partial charge >= 0.3 is 11.9 Å². The van der Waals surface area contributed by atoms with E-state index in [1.165, 1.54) is 34.8 Å². The van der Waals surface area contributed by atoms with Crippen LogP contribution in [0.25, 0.3) is 0 Å². The number of hydrogen-bond acceptors (Lipinski definition) is 3. The molecule has 6 atom stereocenters. The highest BCUT2D eigenvalue weighted by molar-refractivity contribution is 5.77. The van der Waals surface area contributed by atoms with Gasteiger partial charge in [0, 0.05) is 6.92 Å². The fourth-order valence-corrected chi connectivity index (χ4v) is 8.00. The number of hydrogen-bond donors (Lipinski definition) is 1. The van der Waals surface area contributed by atoms with Crippen LogP contribution < -0.4 is 0 Å². The van der Waals surface area contributed by atoms with Crippen molar-refractivity contribution < 1.29 is 19.4 Å². The summed E-state index contributed by atoms with van der Waals surface area (Å²) < 4.78 is 5.61. The summed E-state index contributed by atoms with van der Waals surface area (Å²) in [6, 6.07) is 0. The van der Waals surface area contributed by atoms with Crippen LogP contribution in [0.3, 0.4) is 0 Å². The zero-order chi connectivity index (χ0) is 27.8. The maximum atomic E-state index is 12.7. The lowest BCUT2D eigenvalue weighted by Crippen LogP contribution is -2.61. The SMILES string of the molecule is C=C1CC2C(C)(CCC3C2(C)CCC(OC(C)=O)C3(C)C(=O)O)C1=C(C)C=CC=C(C)C=CC=C(C)C. The van der Waals surface area contributed by atoms with Crippen molar-refractivity contribution in [2.75, 3.05) is 0 Å². The molecular formula is C33H46O4. The predicted molar refractivity (Wildman–Crippen MR) is 151 cm³/mol. The van der Waals surface area contributed by atoms with E-state index in [2.05, 4.69) is 84.6 Å². The van der Waals surface area contributed by atoms with E-state index < -0.39 is 23.5 Å². The number of fused-ring (bicyclic) bond motifs is 3. The molecule has 0 aromatic rings. The van der Waals surface area contributed by atoms with Crippen molar-refractivity contribution in [3.63, 3.8) is 0 Å². The Hall–Kier alpha value is -2.62. The summed E-state index contributed by atoms with van der Waals surface area (Å²) in [7, 11) is 0. The molecule has 0 spiro atoms. The lowest BCUT2D eigenvalue weighted by molar-refractivity contribution is -0.204. The number of esters is 1. The Morgan fingerprint density at radius 3 is 2.19 bits per heavy atom. The van der Waals surface area contributed by atoms with Gasteiger partial charge in [-0.25, -0.2) is 0 Å². The van der Waals surface area contributed by atoms with Crippen LogP contribution in [0.4, 0.5) is 0 Å². The quantitative estimate of drug-likeness (QED) is 0.292. The van der Waals surface area contributed by atoms with Gasteiger partial charge in [-0.1, -0.05) is 73.6 Å². The molecule has 3 saturated carbocycles. The minimum atomic E-state index is -1.09. The number of carboxylic acid groups (broad SMARTS) is 1. The molecule has 0 aromatic carbocycles. The third kappa shape index (κ3) is 5.22. The molecule has 4 heteroatoms. The minimum absolute atomic E-state index is 0.0491. The normalized spacial score (nSPS) is 37.4. The predicted octanol–water partition coefficient (Wildman–Crippen LogP) is 8.14. The molecule has 37 heavy (non-hydrogen) atoms. The summed E-state index contributed by atoms with van der Waals surface area (Å²) >= 11 is 0. The summed E-state index contributed by atoms with van der Waals surface area (Å²) in [5.41, 5.74) is 4.91. The van der Waals surface area contributed by atoms with Gasteiger partial charge in [0.1, 0.15) is 11.5 Å². The highest BCUT2D eigenvalue weighted by Gasteiger charge is 2.67. The van der Waals surface area contributed by atoms with E-state index in [0.717, 1.165) is 25.7 Å². The lowest BCUT2D eigenvalue weighted by Gasteiger charge is -2.61. The van der Waals surface area contributed by atoms with Crippen molar-refractivity contribution in [1.82, 2.24) is 0 Å². The first-order valence-electron chi connectivity index (χ1n) is 13.6. The molecular weight excluding hydrogens is 460 g/mol. The molecule has 6 unspecified atom stereocenters. The molecule has 0 aliphatic heterocycles. The zero-order valence-corrected chi connectivity index (χ0v) is 24.1. The van der Waals surface area contributed by atoms with Gasteiger partial charge in [0.15, 0.2) is 0 Å². The zero-order valence-electron chi connectivity index (χ0n) is 24.1. The van der Waals surface area contributed by atoms with E-state index in [1.807, 2.05) is 6.92 Å². The summed E-state index contributed by atoms with van der Waals surface area (Å²) in [5.74, 6) is -1.01. The van der Waals surface area contributed by atoms with Crippen molar-refractivity contribution in [1.29, 1.82) is 0 Å². The lowest BCUT2D eigenvalue weighted by atomic mass is 9.42. The van der Waals surface area contributed by atoms with Crippen LogP contribution in [-0.4, -0.2) is 23.1 Å². The Morgan fingerprint density at radius 2 is 1.59 bits per heavy atom. The molecule has 0 bridgehead atoms. The first kappa shape index (κ1) is 28.9. The van der Waals surface area contributed by atoms with Gasteiger partial charge in [-0.2, -0.15) is 0 Å². The monoisotopic (exact) mass is 506 g/mol. The smallest absolute Gasteiger partial charge is 0.313 e. The third-order valence-corrected chi connectivity index (χ3v) is 9.68. The van der Waals surface area contributed by atoms with Gasteiger partial charge in [-0.05, 0) is 101 Å². The Bertz CT molecular complexity index is 1110. The second kappa shape index (κ2) is 10.6. The summed E-state index contributed by atoms with van der Waals surface area (Å²) in [4.78, 5) is 24.5. The average Bonchev–Trinajstić information content (AvgIpc) is 3.06. The summed E-state index contributed by atoms with van der Waals surface area (Å²) in [6.07, 6.45) is 16.2. The maximum absolute atomic E-state index is 12.7. The van der Waals surface area contributed by atoms with Gasteiger partial charge in [0.25, 0.3) is 0 Å². The Morgan fingerprint density at radius 1 is 0.946 bits per heavy atom. The average molecular weight is 507 g/mol. The Kier molecular flexibility index (Phi) is 8.32. The first-order valence-corrected chi connectivity index (χ1v) is 13.6. The first-order chi connectivity index (χ1) is 17.2. The van der Waals surface area contributed by atoms with Gasteiger partial charge in [-0.3, -0.25) is 9.59 Å². The molecule has 202 valence electrons. The van der Waals surface area contributed by atoms with E-state index in [1.54, 1.807) is 0 Å². The number of carbonyl (C=O) groups is 2. The maximum Gasteiger partial charge on any atom is 0.313 e. The molecule has 0 amide bonds. The van der Waals surface area contributed by atoms with E-state index in [9.17, 15) is 14.7 Å². The van der Waals surface area contributed by atoms with Crippen LogP contribution in [-0.2, 0) is 14.3 Å². The van der Waals surface area contributed by atoms with Crippen LogP contribution in [0.1, 0.15) is 87.5 Å². The molecule has 1 N–H and O–H groups in total. The van der Waals surface area contributed by atoms with E-state index in [0.29, 0.717) is 12.3 Å². The second-order valence-corrected chi connectivity index (χ2v) is 12.5. The number of carbonyl (C=O) groups excluding carboxylic acids is 1. The largest absolute Gasteiger partial charge is 0.481 e. The number of allylic oxidation sites excluding steroid dienone is 11. The fourth-order valence-electron chi connectivity index (χ4n) is 8.00. The molecule has 0 saturated heterocycles. The van der Waals surface area contributed by atoms with Crippen LogP contribution >= 0.6 is 0 Å². The molecule has 3 aliphatic rings. The molecule has 0 radical (unpaired) electrons. The van der Waals surface area contributed by atoms with Gasteiger partial charge in [0.05, 0.1) is 0 Å². The van der Waals surface area contributed by atoms with Crippen molar-refractivity contribution >= 4 is 11.9 Å². The molecule has 0 heterocycles. The summed E-state index contributed by atoms with van der Waals surface area (Å²) in [5, 5.41) is 10.4. The highest BCUT2D eigenvalue weighted by Crippen LogP contribution is 2.71. The van der Waals surface area contributed by atoms with Crippen LogP contribution in [0.5, 0.6) is 0 Å². The number of rotatable bonds is 6. The van der Waals surface area contributed by atoms with E-state index in [-0.39, 0.29) is 16.7 Å². The molecule has 3 rings (SSSR count). The standard InChI is InChI=1S/C33H46O4/c1-21(2)12-10-13-22(3)14-11-15-23(4)29-24(5)20-27-31(7)19-17-28(37-25(6)34)33(9,30(35)36)26(31)16-18-32(27,29)8/h10-15,26-28H,5,16-20H2,1-4,6-9H3,(H,35,36). The third-order valence-electron chi connectivity index (χ3n) is 9.68. The number of carboxylic acids is 1. The van der Waals surface area contributed by atoms with Crippen molar-refractivity contribution in [2.24, 2.45) is 28.1 Å². The van der Waals surface area contributed by atoms with Crippen molar-refractivity contribution in [3.05, 3.63) is 70.9 Å². The van der Waals surface area contributed by atoms with Crippen molar-refractivity contribution in [3.8, 4) is 0 Å².